The standard InChI is InChI=1S/C10H21NO/c1-8(2)9(3,11)10(12)6-4-5-7-10/h8,12H,4-7,11H2,1-3H3. The normalized spacial score (nSPS) is 27.5. The number of nitrogens with two attached hydrogens (primary N) is 1. The van der Waals surface area contributed by atoms with Gasteiger partial charge in [0.2, 0.25) is 0 Å². The molecule has 0 amide bonds. The molecule has 0 aromatic rings. The fraction of sp³-hybridized carbons (Fsp3) is 1.00. The second-order valence-corrected chi connectivity index (χ2v) is 4.68. The molecule has 1 rings (SSSR count). The van der Waals surface area contributed by atoms with Crippen molar-refractivity contribution in [2.75, 3.05) is 0 Å². The molecule has 1 unspecified atom stereocenters. The van der Waals surface area contributed by atoms with E-state index in [4.69, 9.17) is 5.73 Å². The van der Waals surface area contributed by atoms with Gasteiger partial charge < -0.3 is 10.8 Å². The van der Waals surface area contributed by atoms with Gasteiger partial charge in [0.15, 0.2) is 0 Å². The van der Waals surface area contributed by atoms with Crippen molar-refractivity contribution in [2.45, 2.75) is 57.6 Å². The molecule has 0 aromatic heterocycles. The van der Waals surface area contributed by atoms with Crippen molar-refractivity contribution in [2.24, 2.45) is 11.7 Å². The molecule has 0 heterocycles. The van der Waals surface area contributed by atoms with Gasteiger partial charge in [-0.25, -0.2) is 0 Å². The zero-order chi connectivity index (χ0) is 9.41. The Kier molecular flexibility index (Phi) is 2.50. The highest BCUT2D eigenvalue weighted by atomic mass is 16.3. The largest absolute Gasteiger partial charge is 0.388 e. The minimum atomic E-state index is -0.610. The molecule has 2 heteroatoms. The Morgan fingerprint density at radius 1 is 1.33 bits per heavy atom. The third-order valence-corrected chi connectivity index (χ3v) is 3.63. The summed E-state index contributed by atoms with van der Waals surface area (Å²) < 4.78 is 0. The van der Waals surface area contributed by atoms with E-state index < -0.39 is 11.1 Å². The average molecular weight is 171 g/mol. The van der Waals surface area contributed by atoms with Crippen LogP contribution in [-0.2, 0) is 0 Å². The molecule has 0 radical (unpaired) electrons. The summed E-state index contributed by atoms with van der Waals surface area (Å²) in [4.78, 5) is 0. The Bertz CT molecular complexity index is 154. The maximum absolute atomic E-state index is 10.3. The van der Waals surface area contributed by atoms with Gasteiger partial charge in [-0.2, -0.15) is 0 Å². The van der Waals surface area contributed by atoms with Crippen molar-refractivity contribution in [1.82, 2.24) is 0 Å². The van der Waals surface area contributed by atoms with Crippen LogP contribution in [0.15, 0.2) is 0 Å². The summed E-state index contributed by atoms with van der Waals surface area (Å²) in [6.07, 6.45) is 3.99. The first-order valence-electron chi connectivity index (χ1n) is 4.91. The molecular weight excluding hydrogens is 150 g/mol. The number of hydrogen-bond acceptors (Lipinski definition) is 2. The number of hydrogen-bond donors (Lipinski definition) is 2. The van der Waals surface area contributed by atoms with Crippen molar-refractivity contribution in [3.8, 4) is 0 Å². The summed E-state index contributed by atoms with van der Waals surface area (Å²) >= 11 is 0. The van der Waals surface area contributed by atoms with Crippen LogP contribution in [0.4, 0.5) is 0 Å². The van der Waals surface area contributed by atoms with Crippen LogP contribution < -0.4 is 5.73 Å². The van der Waals surface area contributed by atoms with Crippen LogP contribution in [0, 0.1) is 5.92 Å². The van der Waals surface area contributed by atoms with Crippen molar-refractivity contribution in [1.29, 1.82) is 0 Å². The summed E-state index contributed by atoms with van der Waals surface area (Å²) in [5.41, 5.74) is 5.11. The van der Waals surface area contributed by atoms with Gasteiger partial charge in [0.1, 0.15) is 0 Å². The quantitative estimate of drug-likeness (QED) is 0.664. The van der Waals surface area contributed by atoms with Crippen LogP contribution >= 0.6 is 0 Å². The lowest BCUT2D eigenvalue weighted by molar-refractivity contribution is -0.0420. The summed E-state index contributed by atoms with van der Waals surface area (Å²) in [6, 6.07) is 0. The van der Waals surface area contributed by atoms with E-state index in [-0.39, 0.29) is 0 Å². The topological polar surface area (TPSA) is 46.2 Å². The van der Waals surface area contributed by atoms with E-state index in [0.29, 0.717) is 5.92 Å². The van der Waals surface area contributed by atoms with E-state index in [1.54, 1.807) is 0 Å². The Labute approximate surface area is 75.2 Å². The molecule has 3 N–H and O–H groups in total. The Morgan fingerprint density at radius 3 is 2.08 bits per heavy atom. The maximum atomic E-state index is 10.3. The van der Waals surface area contributed by atoms with Gasteiger partial charge in [-0.15, -0.1) is 0 Å². The first-order chi connectivity index (χ1) is 5.40. The number of aliphatic hydroxyl groups is 1. The van der Waals surface area contributed by atoms with E-state index in [2.05, 4.69) is 13.8 Å². The Balaban J connectivity index is 2.78. The molecule has 0 spiro atoms. The highest BCUT2D eigenvalue weighted by molar-refractivity contribution is 5.04. The van der Waals surface area contributed by atoms with Gasteiger partial charge >= 0.3 is 0 Å². The van der Waals surface area contributed by atoms with E-state index in [9.17, 15) is 5.11 Å². The van der Waals surface area contributed by atoms with Crippen molar-refractivity contribution >= 4 is 0 Å². The van der Waals surface area contributed by atoms with Gasteiger partial charge in [-0.3, -0.25) is 0 Å². The van der Waals surface area contributed by atoms with Gasteiger partial charge in [0.25, 0.3) is 0 Å². The minimum absolute atomic E-state index is 0.334. The Hall–Kier alpha value is -0.0800. The molecule has 72 valence electrons. The molecule has 0 saturated heterocycles. The van der Waals surface area contributed by atoms with Crippen molar-refractivity contribution < 1.29 is 5.11 Å². The molecule has 1 aliphatic rings. The summed E-state index contributed by atoms with van der Waals surface area (Å²) in [5.74, 6) is 0.334. The van der Waals surface area contributed by atoms with Crippen LogP contribution in [0.1, 0.15) is 46.5 Å². The molecule has 1 fully saturated rings. The second kappa shape index (κ2) is 3.00. The smallest absolute Gasteiger partial charge is 0.0826 e. The van der Waals surface area contributed by atoms with Crippen LogP contribution in [-0.4, -0.2) is 16.2 Å². The third kappa shape index (κ3) is 1.38. The zero-order valence-electron chi connectivity index (χ0n) is 8.43. The molecule has 12 heavy (non-hydrogen) atoms. The molecule has 1 saturated carbocycles. The minimum Gasteiger partial charge on any atom is -0.388 e. The van der Waals surface area contributed by atoms with Gasteiger partial charge in [0, 0.05) is 5.54 Å². The fourth-order valence-corrected chi connectivity index (χ4v) is 2.04. The lowest BCUT2D eigenvalue weighted by Gasteiger charge is -2.43. The van der Waals surface area contributed by atoms with Gasteiger partial charge in [-0.1, -0.05) is 26.7 Å². The lowest BCUT2D eigenvalue weighted by atomic mass is 9.73. The molecule has 2 nitrogen and oxygen atoms in total. The molecule has 0 aromatic carbocycles. The van der Waals surface area contributed by atoms with Crippen molar-refractivity contribution in [3.63, 3.8) is 0 Å². The predicted molar refractivity (Wildman–Crippen MR) is 50.8 cm³/mol. The fourth-order valence-electron chi connectivity index (χ4n) is 2.04. The average Bonchev–Trinajstić information content (AvgIpc) is 2.37. The van der Waals surface area contributed by atoms with E-state index >= 15 is 0 Å². The predicted octanol–water partition coefficient (Wildman–Crippen LogP) is 1.66. The summed E-state index contributed by atoms with van der Waals surface area (Å²) in [7, 11) is 0. The monoisotopic (exact) mass is 171 g/mol. The molecular formula is C10H21NO. The van der Waals surface area contributed by atoms with E-state index in [1.807, 2.05) is 6.92 Å². The highest BCUT2D eigenvalue weighted by Gasteiger charge is 2.47. The van der Waals surface area contributed by atoms with Crippen LogP contribution in [0.2, 0.25) is 0 Å². The maximum Gasteiger partial charge on any atom is 0.0826 e. The molecule has 1 aliphatic carbocycles. The van der Waals surface area contributed by atoms with Crippen molar-refractivity contribution in [3.05, 3.63) is 0 Å². The summed E-state index contributed by atoms with van der Waals surface area (Å²) in [5, 5.41) is 10.3. The van der Waals surface area contributed by atoms with E-state index in [0.717, 1.165) is 25.7 Å². The molecule has 0 bridgehead atoms. The van der Waals surface area contributed by atoms with Crippen LogP contribution in [0.25, 0.3) is 0 Å². The molecule has 0 aliphatic heterocycles. The molecule has 1 atom stereocenters. The first-order valence-corrected chi connectivity index (χ1v) is 4.91. The number of rotatable bonds is 2. The van der Waals surface area contributed by atoms with Gasteiger partial charge in [-0.05, 0) is 25.7 Å². The third-order valence-electron chi connectivity index (χ3n) is 3.63. The lowest BCUT2D eigenvalue weighted by Crippen LogP contribution is -2.60. The second-order valence-electron chi connectivity index (χ2n) is 4.68. The SMILES string of the molecule is CC(C)C(C)(N)C1(O)CCCC1. The van der Waals surface area contributed by atoms with Crippen LogP contribution in [0.3, 0.4) is 0 Å². The van der Waals surface area contributed by atoms with E-state index in [1.165, 1.54) is 0 Å². The Morgan fingerprint density at radius 2 is 1.75 bits per heavy atom. The first kappa shape index (κ1) is 10.0. The highest BCUT2D eigenvalue weighted by Crippen LogP contribution is 2.40. The van der Waals surface area contributed by atoms with Gasteiger partial charge in [0.05, 0.1) is 5.60 Å². The van der Waals surface area contributed by atoms with Crippen LogP contribution in [0.5, 0.6) is 0 Å². The zero-order valence-corrected chi connectivity index (χ0v) is 8.43. The summed E-state index contributed by atoms with van der Waals surface area (Å²) in [6.45, 7) is 6.13.